The Morgan fingerprint density at radius 2 is 1.91 bits per heavy atom. The molecule has 2 aromatic heterocycles. The van der Waals surface area contributed by atoms with Gasteiger partial charge in [-0.2, -0.15) is 5.10 Å². The fraction of sp³-hybridized carbons (Fsp3) is 0.611. The Labute approximate surface area is 133 Å². The smallest absolute Gasteiger partial charge is 0.159 e. The second kappa shape index (κ2) is 5.58. The number of aryl methyl sites for hydroxylation is 2. The number of nitrogens with zero attached hydrogens (tertiary/aromatic N) is 3. The highest BCUT2D eigenvalue weighted by molar-refractivity contribution is 5.34. The number of hydrogen-bond acceptors (Lipinski definition) is 2. The van der Waals surface area contributed by atoms with Crippen molar-refractivity contribution in [1.29, 1.82) is 0 Å². The molecule has 0 aromatic carbocycles. The molecular weight excluding hydrogens is 272 g/mol. The van der Waals surface area contributed by atoms with E-state index >= 15 is 0 Å². The molecule has 3 rings (SSSR count). The summed E-state index contributed by atoms with van der Waals surface area (Å²) in [4.78, 5) is 0. The summed E-state index contributed by atoms with van der Waals surface area (Å²) in [6.45, 7) is 14.4. The molecule has 1 atom stereocenters. The van der Waals surface area contributed by atoms with Crippen LogP contribution in [0.25, 0.3) is 5.82 Å². The minimum atomic E-state index is 0.103. The van der Waals surface area contributed by atoms with E-state index in [9.17, 15) is 0 Å². The lowest BCUT2D eigenvalue weighted by molar-refractivity contribution is 0.408. The van der Waals surface area contributed by atoms with Gasteiger partial charge in [-0.3, -0.25) is 4.68 Å². The van der Waals surface area contributed by atoms with E-state index in [0.29, 0.717) is 5.92 Å². The van der Waals surface area contributed by atoms with Crippen molar-refractivity contribution in [3.8, 4) is 5.82 Å². The Balaban J connectivity index is 2.01. The standard InChI is InChI=1S/C18H28N4/c1-13-6-7-14(2)22(13)17-10-16(18(3,4)5)21(20-17)12-15-8-9-19-11-15/h6-7,10,15,19H,8-9,11-12H2,1-5H3/t15-/m1/s1. The Morgan fingerprint density at radius 3 is 2.45 bits per heavy atom. The van der Waals surface area contributed by atoms with E-state index in [2.05, 4.69) is 67.4 Å². The van der Waals surface area contributed by atoms with Crippen LogP contribution in [0.2, 0.25) is 0 Å². The predicted octanol–water partition coefficient (Wildman–Crippen LogP) is 3.20. The van der Waals surface area contributed by atoms with Gasteiger partial charge in [0.2, 0.25) is 0 Å². The minimum Gasteiger partial charge on any atom is -0.316 e. The van der Waals surface area contributed by atoms with Gasteiger partial charge in [0.15, 0.2) is 5.82 Å². The van der Waals surface area contributed by atoms with Crippen LogP contribution in [-0.2, 0) is 12.0 Å². The average molecular weight is 300 g/mol. The third-order valence-corrected chi connectivity index (χ3v) is 4.63. The van der Waals surface area contributed by atoms with Gasteiger partial charge in [-0.15, -0.1) is 0 Å². The monoisotopic (exact) mass is 300 g/mol. The molecule has 1 saturated heterocycles. The summed E-state index contributed by atoms with van der Waals surface area (Å²) in [5.74, 6) is 1.75. The van der Waals surface area contributed by atoms with Gasteiger partial charge in [0.1, 0.15) is 0 Å². The van der Waals surface area contributed by atoms with E-state index in [1.165, 1.54) is 23.5 Å². The molecule has 4 heteroatoms. The topological polar surface area (TPSA) is 34.8 Å². The maximum atomic E-state index is 4.96. The van der Waals surface area contributed by atoms with Gasteiger partial charge in [0.25, 0.3) is 0 Å². The third-order valence-electron chi connectivity index (χ3n) is 4.63. The summed E-state index contributed by atoms with van der Waals surface area (Å²) >= 11 is 0. The quantitative estimate of drug-likeness (QED) is 0.944. The molecule has 0 bridgehead atoms. The molecule has 1 aliphatic heterocycles. The summed E-state index contributed by atoms with van der Waals surface area (Å²) in [7, 11) is 0. The summed E-state index contributed by atoms with van der Waals surface area (Å²) in [6.07, 6.45) is 1.25. The number of rotatable bonds is 3. The Morgan fingerprint density at radius 1 is 1.23 bits per heavy atom. The van der Waals surface area contributed by atoms with E-state index in [0.717, 1.165) is 25.5 Å². The van der Waals surface area contributed by atoms with Crippen LogP contribution < -0.4 is 5.32 Å². The lowest BCUT2D eigenvalue weighted by atomic mass is 9.92. The van der Waals surface area contributed by atoms with Crippen LogP contribution in [0.1, 0.15) is 44.3 Å². The average Bonchev–Trinajstić information content (AvgIpc) is 3.11. The second-order valence-corrected chi connectivity index (χ2v) is 7.63. The first kappa shape index (κ1) is 15.3. The molecule has 0 aliphatic carbocycles. The van der Waals surface area contributed by atoms with E-state index < -0.39 is 0 Å². The molecule has 1 N–H and O–H groups in total. The van der Waals surface area contributed by atoms with Crippen molar-refractivity contribution in [1.82, 2.24) is 19.7 Å². The molecule has 4 nitrogen and oxygen atoms in total. The molecule has 22 heavy (non-hydrogen) atoms. The van der Waals surface area contributed by atoms with Crippen LogP contribution in [0.15, 0.2) is 18.2 Å². The first-order valence-corrected chi connectivity index (χ1v) is 8.30. The van der Waals surface area contributed by atoms with Gasteiger partial charge < -0.3 is 9.88 Å². The predicted molar refractivity (Wildman–Crippen MR) is 90.7 cm³/mol. The molecule has 1 fully saturated rings. The summed E-state index contributed by atoms with van der Waals surface area (Å²) in [5, 5.41) is 8.41. The fourth-order valence-corrected chi connectivity index (χ4v) is 3.40. The lowest BCUT2D eigenvalue weighted by Crippen LogP contribution is -2.22. The molecule has 3 heterocycles. The number of aromatic nitrogens is 3. The van der Waals surface area contributed by atoms with E-state index in [4.69, 9.17) is 5.10 Å². The van der Waals surface area contributed by atoms with Crippen molar-refractivity contribution < 1.29 is 0 Å². The second-order valence-electron chi connectivity index (χ2n) is 7.63. The van der Waals surface area contributed by atoms with Crippen LogP contribution in [0, 0.1) is 19.8 Å². The van der Waals surface area contributed by atoms with Crippen molar-refractivity contribution in [2.24, 2.45) is 5.92 Å². The SMILES string of the molecule is Cc1ccc(C)n1-c1cc(C(C)(C)C)n(C[C@@H]2CCNC2)n1. The van der Waals surface area contributed by atoms with Crippen LogP contribution in [-0.4, -0.2) is 27.4 Å². The van der Waals surface area contributed by atoms with Gasteiger partial charge >= 0.3 is 0 Å². The highest BCUT2D eigenvalue weighted by atomic mass is 15.3. The normalized spacial score (nSPS) is 19.0. The van der Waals surface area contributed by atoms with Crippen molar-refractivity contribution in [2.45, 2.75) is 53.0 Å². The van der Waals surface area contributed by atoms with Gasteiger partial charge in [0, 0.05) is 35.1 Å². The number of hydrogen-bond donors (Lipinski definition) is 1. The van der Waals surface area contributed by atoms with Crippen molar-refractivity contribution in [3.63, 3.8) is 0 Å². The summed E-state index contributed by atoms with van der Waals surface area (Å²) in [6, 6.07) is 6.58. The molecule has 0 amide bonds. The largest absolute Gasteiger partial charge is 0.316 e. The van der Waals surface area contributed by atoms with Crippen LogP contribution >= 0.6 is 0 Å². The molecule has 2 aromatic rings. The zero-order valence-corrected chi connectivity index (χ0v) is 14.5. The molecule has 120 valence electrons. The zero-order valence-electron chi connectivity index (χ0n) is 14.5. The third kappa shape index (κ3) is 2.84. The van der Waals surface area contributed by atoms with E-state index in [1.54, 1.807) is 0 Å². The summed E-state index contributed by atoms with van der Waals surface area (Å²) < 4.78 is 4.49. The molecule has 1 aliphatic rings. The first-order valence-electron chi connectivity index (χ1n) is 8.30. The highest BCUT2D eigenvalue weighted by Crippen LogP contribution is 2.27. The Bertz CT molecular complexity index is 632. The van der Waals surface area contributed by atoms with Crippen molar-refractivity contribution in [3.05, 3.63) is 35.3 Å². The Kier molecular flexibility index (Phi) is 3.89. The summed E-state index contributed by atoms with van der Waals surface area (Å²) in [5.41, 5.74) is 3.91. The van der Waals surface area contributed by atoms with E-state index in [-0.39, 0.29) is 5.41 Å². The molecule has 0 spiro atoms. The van der Waals surface area contributed by atoms with Gasteiger partial charge in [-0.1, -0.05) is 20.8 Å². The molecule has 0 unspecified atom stereocenters. The van der Waals surface area contributed by atoms with E-state index in [1.807, 2.05) is 0 Å². The number of nitrogens with one attached hydrogen (secondary N) is 1. The lowest BCUT2D eigenvalue weighted by Gasteiger charge is -2.21. The van der Waals surface area contributed by atoms with Crippen LogP contribution in [0.3, 0.4) is 0 Å². The van der Waals surface area contributed by atoms with Gasteiger partial charge in [-0.05, 0) is 51.4 Å². The molecular formula is C18H28N4. The van der Waals surface area contributed by atoms with Crippen LogP contribution in [0.5, 0.6) is 0 Å². The Hall–Kier alpha value is -1.55. The molecule has 0 saturated carbocycles. The highest BCUT2D eigenvalue weighted by Gasteiger charge is 2.25. The fourth-order valence-electron chi connectivity index (χ4n) is 3.40. The van der Waals surface area contributed by atoms with Crippen LogP contribution in [0.4, 0.5) is 0 Å². The minimum absolute atomic E-state index is 0.103. The first-order chi connectivity index (χ1) is 10.4. The maximum absolute atomic E-state index is 4.96. The van der Waals surface area contributed by atoms with Gasteiger partial charge in [0.05, 0.1) is 0 Å². The maximum Gasteiger partial charge on any atom is 0.159 e. The zero-order chi connectivity index (χ0) is 15.9. The van der Waals surface area contributed by atoms with Crippen molar-refractivity contribution in [2.75, 3.05) is 13.1 Å². The molecule has 0 radical (unpaired) electrons. The van der Waals surface area contributed by atoms with Crippen molar-refractivity contribution >= 4 is 0 Å². The van der Waals surface area contributed by atoms with Gasteiger partial charge in [-0.25, -0.2) is 0 Å².